The molecule has 0 saturated carbocycles. The average Bonchev–Trinajstić information content (AvgIpc) is 2.74. The monoisotopic (exact) mass is 231 g/mol. The summed E-state index contributed by atoms with van der Waals surface area (Å²) in [5.74, 6) is 1.04. The Kier molecular flexibility index (Phi) is 3.19. The number of nitrogens with zero attached hydrogens (tertiary/aromatic N) is 4. The van der Waals surface area contributed by atoms with Gasteiger partial charge in [0.2, 0.25) is 0 Å². The summed E-state index contributed by atoms with van der Waals surface area (Å²) in [6.07, 6.45) is 5.32. The Morgan fingerprint density at radius 1 is 1.35 bits per heavy atom. The third-order valence-electron chi connectivity index (χ3n) is 2.71. The van der Waals surface area contributed by atoms with E-state index in [0.29, 0.717) is 18.3 Å². The van der Waals surface area contributed by atoms with Crippen LogP contribution in [0.2, 0.25) is 0 Å². The quantitative estimate of drug-likeness (QED) is 0.868. The molecule has 17 heavy (non-hydrogen) atoms. The van der Waals surface area contributed by atoms with Gasteiger partial charge in [0.1, 0.15) is 5.69 Å². The summed E-state index contributed by atoms with van der Waals surface area (Å²) >= 11 is 0. The first-order chi connectivity index (χ1) is 8.13. The Hall–Kier alpha value is -1.75. The van der Waals surface area contributed by atoms with E-state index in [1.165, 1.54) is 0 Å². The van der Waals surface area contributed by atoms with Crippen LogP contribution < -0.4 is 5.73 Å². The second kappa shape index (κ2) is 4.63. The highest BCUT2D eigenvalue weighted by molar-refractivity contribution is 5.49. The van der Waals surface area contributed by atoms with Gasteiger partial charge >= 0.3 is 0 Å². The molecule has 0 fully saturated rings. The van der Waals surface area contributed by atoms with Crippen molar-refractivity contribution in [2.75, 3.05) is 0 Å². The number of imidazole rings is 1. The van der Waals surface area contributed by atoms with Gasteiger partial charge in [-0.25, -0.2) is 15.0 Å². The molecule has 0 saturated heterocycles. The predicted molar refractivity (Wildman–Crippen MR) is 66.2 cm³/mol. The van der Waals surface area contributed by atoms with Crippen LogP contribution in [-0.4, -0.2) is 19.5 Å². The van der Waals surface area contributed by atoms with Crippen molar-refractivity contribution in [2.24, 2.45) is 12.8 Å². The zero-order chi connectivity index (χ0) is 12.4. The van der Waals surface area contributed by atoms with E-state index >= 15 is 0 Å². The van der Waals surface area contributed by atoms with Gasteiger partial charge in [0.15, 0.2) is 5.82 Å². The number of hydrogen-bond acceptors (Lipinski definition) is 4. The van der Waals surface area contributed by atoms with Gasteiger partial charge in [0.25, 0.3) is 0 Å². The molecule has 2 aromatic rings. The predicted octanol–water partition coefficient (Wildman–Crippen LogP) is 1.46. The van der Waals surface area contributed by atoms with Crippen molar-refractivity contribution in [2.45, 2.75) is 26.3 Å². The minimum absolute atomic E-state index is 0.337. The van der Waals surface area contributed by atoms with E-state index in [1.807, 2.05) is 17.8 Å². The van der Waals surface area contributed by atoms with Crippen LogP contribution in [0, 0.1) is 0 Å². The van der Waals surface area contributed by atoms with Gasteiger partial charge in [-0.15, -0.1) is 0 Å². The van der Waals surface area contributed by atoms with Crippen LogP contribution in [0.3, 0.4) is 0 Å². The van der Waals surface area contributed by atoms with Gasteiger partial charge < -0.3 is 10.3 Å². The molecule has 0 unspecified atom stereocenters. The molecule has 90 valence electrons. The Morgan fingerprint density at radius 2 is 2.12 bits per heavy atom. The van der Waals surface area contributed by atoms with E-state index in [9.17, 15) is 0 Å². The van der Waals surface area contributed by atoms with E-state index < -0.39 is 0 Å². The van der Waals surface area contributed by atoms with Gasteiger partial charge in [-0.1, -0.05) is 13.8 Å². The molecule has 0 aliphatic rings. The highest BCUT2D eigenvalue weighted by Crippen LogP contribution is 2.20. The van der Waals surface area contributed by atoms with E-state index in [4.69, 9.17) is 5.73 Å². The first kappa shape index (κ1) is 11.7. The van der Waals surface area contributed by atoms with Gasteiger partial charge in [-0.3, -0.25) is 0 Å². The van der Waals surface area contributed by atoms with Gasteiger partial charge in [-0.2, -0.15) is 0 Å². The van der Waals surface area contributed by atoms with Crippen molar-refractivity contribution in [1.29, 1.82) is 0 Å². The standard InChI is InChI=1S/C12H17N5/c1-8(2)11-9(4-13)5-15-12(16-11)10-6-14-7-17(10)3/h5-8H,4,13H2,1-3H3. The highest BCUT2D eigenvalue weighted by atomic mass is 15.1. The fourth-order valence-corrected chi connectivity index (χ4v) is 1.77. The molecule has 0 spiro atoms. The molecule has 0 bridgehead atoms. The lowest BCUT2D eigenvalue weighted by Gasteiger charge is -2.11. The molecule has 0 aromatic carbocycles. The van der Waals surface area contributed by atoms with E-state index in [-0.39, 0.29) is 0 Å². The number of aryl methyl sites for hydroxylation is 1. The van der Waals surface area contributed by atoms with E-state index in [2.05, 4.69) is 28.8 Å². The molecular formula is C12H17N5. The summed E-state index contributed by atoms with van der Waals surface area (Å²) in [4.78, 5) is 13.0. The largest absolute Gasteiger partial charge is 0.331 e. The zero-order valence-corrected chi connectivity index (χ0v) is 10.4. The van der Waals surface area contributed by atoms with Crippen LogP contribution in [0.4, 0.5) is 0 Å². The number of aromatic nitrogens is 4. The molecule has 2 heterocycles. The van der Waals surface area contributed by atoms with Crippen molar-refractivity contribution in [1.82, 2.24) is 19.5 Å². The Balaban J connectivity index is 2.51. The number of nitrogens with two attached hydrogens (primary N) is 1. The van der Waals surface area contributed by atoms with Crippen molar-refractivity contribution >= 4 is 0 Å². The SMILES string of the molecule is CC(C)c1nc(-c2cncn2C)ncc1CN. The lowest BCUT2D eigenvalue weighted by Crippen LogP contribution is -2.08. The normalized spacial score (nSPS) is 11.1. The molecule has 5 nitrogen and oxygen atoms in total. The molecule has 2 rings (SSSR count). The number of hydrogen-bond donors (Lipinski definition) is 1. The molecular weight excluding hydrogens is 214 g/mol. The molecule has 0 radical (unpaired) electrons. The van der Waals surface area contributed by atoms with Gasteiger partial charge in [-0.05, 0) is 5.92 Å². The van der Waals surface area contributed by atoms with Crippen LogP contribution in [0.25, 0.3) is 11.5 Å². The molecule has 2 N–H and O–H groups in total. The van der Waals surface area contributed by atoms with E-state index in [0.717, 1.165) is 17.0 Å². The second-order valence-corrected chi connectivity index (χ2v) is 4.35. The summed E-state index contributed by atoms with van der Waals surface area (Å²) in [7, 11) is 1.93. The van der Waals surface area contributed by atoms with Crippen LogP contribution in [0.1, 0.15) is 31.0 Å². The molecule has 2 aromatic heterocycles. The summed E-state index contributed by atoms with van der Waals surface area (Å²) in [5.41, 5.74) is 8.62. The third kappa shape index (κ3) is 2.19. The fraction of sp³-hybridized carbons (Fsp3) is 0.417. The van der Waals surface area contributed by atoms with Crippen molar-refractivity contribution in [3.8, 4) is 11.5 Å². The third-order valence-corrected chi connectivity index (χ3v) is 2.71. The van der Waals surface area contributed by atoms with Crippen LogP contribution in [0.5, 0.6) is 0 Å². The van der Waals surface area contributed by atoms with Crippen molar-refractivity contribution in [3.05, 3.63) is 30.0 Å². The molecule has 0 amide bonds. The first-order valence-electron chi connectivity index (χ1n) is 5.66. The Labute approximate surface area is 101 Å². The van der Waals surface area contributed by atoms with Gasteiger partial charge in [0, 0.05) is 25.4 Å². The maximum absolute atomic E-state index is 5.69. The van der Waals surface area contributed by atoms with Crippen molar-refractivity contribution < 1.29 is 0 Å². The zero-order valence-electron chi connectivity index (χ0n) is 10.4. The molecule has 0 aliphatic carbocycles. The maximum Gasteiger partial charge on any atom is 0.178 e. The second-order valence-electron chi connectivity index (χ2n) is 4.35. The maximum atomic E-state index is 5.69. The first-order valence-corrected chi connectivity index (χ1v) is 5.66. The number of rotatable bonds is 3. The summed E-state index contributed by atoms with van der Waals surface area (Å²) in [5, 5.41) is 0. The minimum atomic E-state index is 0.337. The van der Waals surface area contributed by atoms with Crippen LogP contribution in [-0.2, 0) is 13.6 Å². The fourth-order valence-electron chi connectivity index (χ4n) is 1.77. The Bertz CT molecular complexity index is 515. The lowest BCUT2D eigenvalue weighted by molar-refractivity contribution is 0.783. The Morgan fingerprint density at radius 3 is 2.65 bits per heavy atom. The average molecular weight is 231 g/mol. The molecule has 0 atom stereocenters. The topological polar surface area (TPSA) is 69.6 Å². The summed E-state index contributed by atoms with van der Waals surface area (Å²) < 4.78 is 1.90. The van der Waals surface area contributed by atoms with Crippen LogP contribution in [0.15, 0.2) is 18.7 Å². The van der Waals surface area contributed by atoms with Gasteiger partial charge in [0.05, 0.1) is 18.2 Å². The summed E-state index contributed by atoms with van der Waals surface area (Å²) in [6, 6.07) is 0. The minimum Gasteiger partial charge on any atom is -0.331 e. The lowest BCUT2D eigenvalue weighted by atomic mass is 10.1. The van der Waals surface area contributed by atoms with E-state index in [1.54, 1.807) is 12.5 Å². The van der Waals surface area contributed by atoms with Crippen LogP contribution >= 0.6 is 0 Å². The molecule has 5 heteroatoms. The smallest absolute Gasteiger partial charge is 0.178 e. The summed E-state index contributed by atoms with van der Waals surface area (Å²) in [6.45, 7) is 4.68. The molecule has 0 aliphatic heterocycles. The highest BCUT2D eigenvalue weighted by Gasteiger charge is 2.12. The van der Waals surface area contributed by atoms with Crippen molar-refractivity contribution in [3.63, 3.8) is 0 Å².